The monoisotopic (exact) mass is 619 g/mol. The number of aromatic nitrogens is 1. The fraction of sp³-hybridized carbons (Fsp3) is 0.481. The van der Waals surface area contributed by atoms with Gasteiger partial charge < -0.3 is 58.8 Å². The van der Waals surface area contributed by atoms with E-state index in [0.717, 1.165) is 10.9 Å². The molecule has 0 bridgehead atoms. The van der Waals surface area contributed by atoms with Gasteiger partial charge in [-0.25, -0.2) is 4.79 Å². The standard InChI is InChI=1S/C27H41N9O8/c1-13(22(39)35-19(26(43)44)10-15-11-32-17-7-4-3-6-16(15)17)33-24(41)20(12-37)36-23(40)18(8-5-9-31-27(29)30)34-25(42)21(28)14(2)38/h3-4,6-7,11,13-14,18-21,32,37-38H,5,8-10,12,28H2,1-2H3,(H,33,41)(H,34,42)(H,35,39)(H,36,40)(H,43,44)(H4,29,30,31)/t13-,14-,18-,19+,20-,21+/m0/s1. The minimum Gasteiger partial charge on any atom is -0.480 e. The Labute approximate surface area is 253 Å². The molecule has 0 saturated carbocycles. The fourth-order valence-electron chi connectivity index (χ4n) is 4.12. The lowest BCUT2D eigenvalue weighted by molar-refractivity contribution is -0.142. The Morgan fingerprint density at radius 1 is 0.909 bits per heavy atom. The molecule has 0 aliphatic heterocycles. The molecule has 17 heteroatoms. The number of aliphatic hydroxyl groups excluding tert-OH is 2. The number of amides is 4. The highest BCUT2D eigenvalue weighted by molar-refractivity contribution is 5.95. The van der Waals surface area contributed by atoms with Gasteiger partial charge in [0.25, 0.3) is 0 Å². The van der Waals surface area contributed by atoms with Crippen LogP contribution in [-0.2, 0) is 30.4 Å². The number of hydrogen-bond donors (Lipinski definition) is 11. The van der Waals surface area contributed by atoms with Gasteiger partial charge in [0, 0.05) is 30.1 Å². The maximum absolute atomic E-state index is 13.0. The zero-order valence-corrected chi connectivity index (χ0v) is 24.4. The van der Waals surface area contributed by atoms with Gasteiger partial charge in [0.15, 0.2) is 5.96 Å². The van der Waals surface area contributed by atoms with E-state index in [9.17, 15) is 39.3 Å². The van der Waals surface area contributed by atoms with Gasteiger partial charge in [0.1, 0.15) is 30.2 Å². The number of aliphatic carboxylic acids is 1. The molecule has 1 heterocycles. The SMILES string of the molecule is C[C@H](NC(=O)[C@H](CO)NC(=O)[C@H](CCCN=C(N)N)NC(=O)[C@H](N)[C@H](C)O)C(=O)N[C@H](Cc1c[nH]c2ccccc12)C(=O)O. The first-order chi connectivity index (χ1) is 20.7. The maximum atomic E-state index is 13.0. The van der Waals surface area contributed by atoms with Crippen LogP contribution in [0.4, 0.5) is 0 Å². The predicted molar refractivity (Wildman–Crippen MR) is 160 cm³/mol. The van der Waals surface area contributed by atoms with E-state index in [4.69, 9.17) is 17.2 Å². The lowest BCUT2D eigenvalue weighted by atomic mass is 10.0. The Kier molecular flexibility index (Phi) is 13.5. The van der Waals surface area contributed by atoms with Crippen LogP contribution in [0, 0.1) is 0 Å². The van der Waals surface area contributed by atoms with Gasteiger partial charge in [-0.2, -0.15) is 0 Å². The average molecular weight is 620 g/mol. The molecule has 4 amide bonds. The number of aliphatic hydroxyl groups is 2. The number of hydrogen-bond acceptors (Lipinski definition) is 9. The van der Waals surface area contributed by atoms with Crippen LogP contribution in [0.1, 0.15) is 32.3 Å². The van der Waals surface area contributed by atoms with Gasteiger partial charge in [-0.3, -0.25) is 24.2 Å². The first-order valence-electron chi connectivity index (χ1n) is 13.8. The number of guanidine groups is 1. The number of para-hydroxylation sites is 1. The smallest absolute Gasteiger partial charge is 0.326 e. The molecule has 2 aromatic rings. The predicted octanol–water partition coefficient (Wildman–Crippen LogP) is -3.49. The Morgan fingerprint density at radius 3 is 2.14 bits per heavy atom. The van der Waals surface area contributed by atoms with Crippen molar-refractivity contribution in [3.05, 3.63) is 36.0 Å². The Hall–Kier alpha value is -4.74. The molecule has 2 rings (SSSR count). The largest absolute Gasteiger partial charge is 0.480 e. The van der Waals surface area contributed by atoms with E-state index < -0.39 is 72.5 Å². The summed E-state index contributed by atoms with van der Waals surface area (Å²) in [4.78, 5) is 69.8. The number of carboxylic acid groups (broad SMARTS) is 1. The molecule has 1 aromatic carbocycles. The van der Waals surface area contributed by atoms with Crippen LogP contribution in [0.2, 0.25) is 0 Å². The van der Waals surface area contributed by atoms with Crippen molar-refractivity contribution in [1.29, 1.82) is 0 Å². The summed E-state index contributed by atoms with van der Waals surface area (Å²) in [5.41, 5.74) is 17.7. The number of aliphatic imine (C=N–C) groups is 1. The summed E-state index contributed by atoms with van der Waals surface area (Å²) in [5, 5.41) is 39.3. The van der Waals surface area contributed by atoms with Crippen molar-refractivity contribution in [2.24, 2.45) is 22.2 Å². The number of carbonyl (C=O) groups is 5. The third kappa shape index (κ3) is 10.5. The second-order valence-corrected chi connectivity index (χ2v) is 10.2. The normalized spacial score (nSPS) is 15.1. The lowest BCUT2D eigenvalue weighted by Crippen LogP contribution is -2.59. The molecular weight excluding hydrogens is 578 g/mol. The zero-order valence-electron chi connectivity index (χ0n) is 24.4. The van der Waals surface area contributed by atoms with Crippen LogP contribution in [0.5, 0.6) is 0 Å². The van der Waals surface area contributed by atoms with Crippen LogP contribution in [0.3, 0.4) is 0 Å². The number of nitrogens with two attached hydrogens (primary N) is 3. The molecule has 0 spiro atoms. The minimum atomic E-state index is -1.54. The van der Waals surface area contributed by atoms with Crippen molar-refractivity contribution < 1.29 is 39.3 Å². The average Bonchev–Trinajstić information content (AvgIpc) is 3.38. The Balaban J connectivity index is 2.04. The maximum Gasteiger partial charge on any atom is 0.326 e. The lowest BCUT2D eigenvalue weighted by Gasteiger charge is -2.25. The molecule has 0 saturated heterocycles. The molecule has 0 aliphatic rings. The summed E-state index contributed by atoms with van der Waals surface area (Å²) in [5.74, 6) is -4.92. The fourth-order valence-corrected chi connectivity index (χ4v) is 4.12. The van der Waals surface area contributed by atoms with E-state index >= 15 is 0 Å². The van der Waals surface area contributed by atoms with Crippen LogP contribution in [0.15, 0.2) is 35.5 Å². The highest BCUT2D eigenvalue weighted by atomic mass is 16.4. The topological polar surface area (TPSA) is 300 Å². The molecule has 17 nitrogen and oxygen atoms in total. The van der Waals surface area contributed by atoms with Crippen LogP contribution >= 0.6 is 0 Å². The van der Waals surface area contributed by atoms with Crippen molar-refractivity contribution >= 4 is 46.5 Å². The molecule has 6 atom stereocenters. The first-order valence-corrected chi connectivity index (χ1v) is 13.8. The van der Waals surface area contributed by atoms with Gasteiger partial charge in [-0.15, -0.1) is 0 Å². The van der Waals surface area contributed by atoms with Crippen molar-refractivity contribution in [1.82, 2.24) is 26.3 Å². The van der Waals surface area contributed by atoms with Gasteiger partial charge >= 0.3 is 5.97 Å². The van der Waals surface area contributed by atoms with E-state index in [-0.39, 0.29) is 31.8 Å². The number of nitrogens with zero attached hydrogens (tertiary/aromatic N) is 1. The van der Waals surface area contributed by atoms with E-state index in [0.29, 0.717) is 5.56 Å². The second-order valence-electron chi connectivity index (χ2n) is 10.2. The van der Waals surface area contributed by atoms with Crippen molar-refractivity contribution in [3.63, 3.8) is 0 Å². The molecule has 0 unspecified atom stereocenters. The third-order valence-corrected chi connectivity index (χ3v) is 6.68. The van der Waals surface area contributed by atoms with Gasteiger partial charge in [0.2, 0.25) is 23.6 Å². The molecule has 14 N–H and O–H groups in total. The number of nitrogens with one attached hydrogen (secondary N) is 5. The molecule has 0 aliphatic carbocycles. The van der Waals surface area contributed by atoms with Gasteiger partial charge in [-0.05, 0) is 38.3 Å². The summed E-state index contributed by atoms with van der Waals surface area (Å²) >= 11 is 0. The van der Waals surface area contributed by atoms with Gasteiger partial charge in [-0.1, -0.05) is 18.2 Å². The number of rotatable bonds is 17. The number of H-pyrrole nitrogens is 1. The van der Waals surface area contributed by atoms with Crippen LogP contribution < -0.4 is 38.5 Å². The van der Waals surface area contributed by atoms with Crippen molar-refractivity contribution in [3.8, 4) is 0 Å². The molecule has 242 valence electrons. The number of fused-ring (bicyclic) bond motifs is 1. The summed E-state index contributed by atoms with van der Waals surface area (Å²) < 4.78 is 0. The highest BCUT2D eigenvalue weighted by Gasteiger charge is 2.31. The van der Waals surface area contributed by atoms with Crippen molar-refractivity contribution in [2.45, 2.75) is 69.4 Å². The molecular formula is C27H41N9O8. The first kappa shape index (κ1) is 35.5. The molecule has 0 radical (unpaired) electrons. The summed E-state index contributed by atoms with van der Waals surface area (Å²) in [7, 11) is 0. The van der Waals surface area contributed by atoms with Crippen LogP contribution in [-0.4, -0.2) is 105 Å². The van der Waals surface area contributed by atoms with E-state index in [1.165, 1.54) is 13.8 Å². The zero-order chi connectivity index (χ0) is 33.0. The summed E-state index contributed by atoms with van der Waals surface area (Å²) in [6.45, 7) is 1.85. The Bertz CT molecular complexity index is 1340. The molecule has 0 fully saturated rings. The number of aromatic amines is 1. The number of benzene rings is 1. The highest BCUT2D eigenvalue weighted by Crippen LogP contribution is 2.19. The quantitative estimate of drug-likeness (QED) is 0.0469. The summed E-state index contributed by atoms with van der Waals surface area (Å²) in [6, 6.07) is 0.573. The third-order valence-electron chi connectivity index (χ3n) is 6.68. The van der Waals surface area contributed by atoms with E-state index in [2.05, 4.69) is 31.2 Å². The number of carboxylic acids is 1. The summed E-state index contributed by atoms with van der Waals surface area (Å²) in [6.07, 6.45) is 0.646. The van der Waals surface area contributed by atoms with Crippen LogP contribution in [0.25, 0.3) is 10.9 Å². The molecule has 1 aromatic heterocycles. The van der Waals surface area contributed by atoms with Crippen molar-refractivity contribution in [2.75, 3.05) is 13.2 Å². The molecule has 44 heavy (non-hydrogen) atoms. The number of carbonyl (C=O) groups excluding carboxylic acids is 4. The Morgan fingerprint density at radius 2 is 1.52 bits per heavy atom. The second kappa shape index (κ2) is 16.8. The van der Waals surface area contributed by atoms with E-state index in [1.54, 1.807) is 12.3 Å². The minimum absolute atomic E-state index is 0.00641. The van der Waals surface area contributed by atoms with E-state index in [1.807, 2.05) is 18.2 Å². The van der Waals surface area contributed by atoms with Gasteiger partial charge in [0.05, 0.1) is 12.7 Å².